The largest absolute Gasteiger partial charge is 0.490 e. The first-order valence-corrected chi connectivity index (χ1v) is 8.52. The zero-order chi connectivity index (χ0) is 19.8. The molecule has 0 heterocycles. The molecule has 0 aliphatic heterocycles. The van der Waals surface area contributed by atoms with Gasteiger partial charge in [0.05, 0.1) is 19.1 Å². The van der Waals surface area contributed by atoms with E-state index in [1.54, 1.807) is 6.92 Å². The Morgan fingerprint density at radius 2 is 1.96 bits per heavy atom. The molecule has 0 saturated heterocycles. The number of hydrogen-bond donors (Lipinski definition) is 2. The molecule has 2 N–H and O–H groups in total. The van der Waals surface area contributed by atoms with E-state index in [1.807, 2.05) is 37.4 Å². The summed E-state index contributed by atoms with van der Waals surface area (Å²) in [4.78, 5) is 23.8. The minimum absolute atomic E-state index is 0.109. The van der Waals surface area contributed by atoms with Crippen LogP contribution in [0, 0.1) is 17.0 Å². The lowest BCUT2D eigenvalue weighted by Gasteiger charge is -2.15. The van der Waals surface area contributed by atoms with Crippen LogP contribution in [0.1, 0.15) is 5.56 Å². The van der Waals surface area contributed by atoms with E-state index in [0.717, 1.165) is 10.6 Å². The topological polar surface area (TPSA) is 95.1 Å². The monoisotopic (exact) mass is 374 g/mol. The number of para-hydroxylation sites is 1. The van der Waals surface area contributed by atoms with E-state index < -0.39 is 4.92 Å². The van der Waals surface area contributed by atoms with Crippen molar-refractivity contribution < 1.29 is 24.1 Å². The van der Waals surface area contributed by atoms with Crippen molar-refractivity contribution in [1.29, 1.82) is 0 Å². The lowest BCUT2D eigenvalue weighted by Crippen LogP contribution is -3.10. The Bertz CT molecular complexity index is 795. The molecular weight excluding hydrogens is 350 g/mol. The van der Waals surface area contributed by atoms with Crippen LogP contribution < -0.4 is 19.7 Å². The van der Waals surface area contributed by atoms with Gasteiger partial charge in [-0.2, -0.15) is 0 Å². The van der Waals surface area contributed by atoms with Crippen LogP contribution >= 0.6 is 0 Å². The number of carbonyl (C=O) groups is 1. The first-order chi connectivity index (χ1) is 12.9. The van der Waals surface area contributed by atoms with Crippen LogP contribution in [0.25, 0.3) is 0 Å². The normalized spacial score (nSPS) is 11.5. The number of amides is 1. The van der Waals surface area contributed by atoms with Crippen LogP contribution in [-0.2, 0) is 4.79 Å². The molecule has 8 heteroatoms. The number of rotatable bonds is 9. The molecule has 8 nitrogen and oxygen atoms in total. The van der Waals surface area contributed by atoms with Gasteiger partial charge in [0, 0.05) is 17.8 Å². The fourth-order valence-corrected chi connectivity index (χ4v) is 2.53. The van der Waals surface area contributed by atoms with E-state index in [2.05, 4.69) is 5.32 Å². The first kappa shape index (κ1) is 20.2. The average Bonchev–Trinajstić information content (AvgIpc) is 2.63. The van der Waals surface area contributed by atoms with Crippen LogP contribution in [0.5, 0.6) is 11.5 Å². The Hall–Kier alpha value is -3.13. The van der Waals surface area contributed by atoms with Gasteiger partial charge < -0.3 is 19.7 Å². The molecule has 144 valence electrons. The fraction of sp³-hybridized carbons (Fsp3) is 0.316. The van der Waals surface area contributed by atoms with Crippen molar-refractivity contribution in [2.75, 3.05) is 39.2 Å². The summed E-state index contributed by atoms with van der Waals surface area (Å²) in [7, 11) is 3.26. The molecule has 1 unspecified atom stereocenters. The Kier molecular flexibility index (Phi) is 7.13. The Balaban J connectivity index is 1.88. The highest BCUT2D eigenvalue weighted by Crippen LogP contribution is 2.32. The van der Waals surface area contributed by atoms with Gasteiger partial charge in [-0.15, -0.1) is 0 Å². The van der Waals surface area contributed by atoms with Gasteiger partial charge in [0.25, 0.3) is 5.91 Å². The first-order valence-electron chi connectivity index (χ1n) is 8.52. The number of methoxy groups -OCH3 is 1. The number of nitro benzene ring substituents is 1. The number of aryl methyl sites for hydroxylation is 1. The van der Waals surface area contributed by atoms with Gasteiger partial charge in [0.2, 0.25) is 0 Å². The molecule has 0 fully saturated rings. The number of hydrogen-bond acceptors (Lipinski definition) is 5. The molecule has 2 aromatic rings. The minimum atomic E-state index is -0.512. The van der Waals surface area contributed by atoms with Gasteiger partial charge in [-0.1, -0.05) is 18.2 Å². The van der Waals surface area contributed by atoms with E-state index in [0.29, 0.717) is 24.4 Å². The number of quaternary nitrogens is 1. The molecule has 0 aromatic heterocycles. The highest BCUT2D eigenvalue weighted by atomic mass is 16.6. The molecule has 0 spiro atoms. The molecule has 2 aromatic carbocycles. The van der Waals surface area contributed by atoms with Crippen LogP contribution in [-0.4, -0.2) is 44.7 Å². The van der Waals surface area contributed by atoms with Crippen molar-refractivity contribution in [2.45, 2.75) is 6.92 Å². The third-order valence-corrected chi connectivity index (χ3v) is 4.00. The van der Waals surface area contributed by atoms with E-state index in [9.17, 15) is 14.9 Å². The summed E-state index contributed by atoms with van der Waals surface area (Å²) in [6.07, 6.45) is 0. The van der Waals surface area contributed by atoms with Crippen molar-refractivity contribution in [1.82, 2.24) is 0 Å². The molecule has 2 rings (SSSR count). The van der Waals surface area contributed by atoms with Crippen molar-refractivity contribution in [3.8, 4) is 11.5 Å². The summed E-state index contributed by atoms with van der Waals surface area (Å²) in [6.45, 7) is 3.10. The van der Waals surface area contributed by atoms with Crippen LogP contribution in [0.15, 0.2) is 42.5 Å². The number of nitrogens with one attached hydrogen (secondary N) is 2. The predicted octanol–water partition coefficient (Wildman–Crippen LogP) is 1.44. The second-order valence-corrected chi connectivity index (χ2v) is 6.19. The smallest absolute Gasteiger partial charge is 0.311 e. The van der Waals surface area contributed by atoms with Crippen molar-refractivity contribution in [3.63, 3.8) is 0 Å². The number of nitrogens with zero attached hydrogens (tertiary/aromatic N) is 1. The Morgan fingerprint density at radius 3 is 2.59 bits per heavy atom. The van der Waals surface area contributed by atoms with E-state index in [1.165, 1.54) is 19.2 Å². The van der Waals surface area contributed by atoms with Gasteiger partial charge in [-0.05, 0) is 24.6 Å². The van der Waals surface area contributed by atoms with Gasteiger partial charge in [-0.3, -0.25) is 14.9 Å². The van der Waals surface area contributed by atoms with E-state index in [4.69, 9.17) is 9.47 Å². The van der Waals surface area contributed by atoms with Crippen molar-refractivity contribution in [3.05, 3.63) is 58.1 Å². The van der Waals surface area contributed by atoms with Gasteiger partial charge in [0.15, 0.2) is 12.3 Å². The summed E-state index contributed by atoms with van der Waals surface area (Å²) < 4.78 is 10.7. The minimum Gasteiger partial charge on any atom is -0.490 e. The van der Waals surface area contributed by atoms with Crippen LogP contribution in [0.4, 0.5) is 11.4 Å². The second-order valence-electron chi connectivity index (χ2n) is 6.19. The number of carbonyl (C=O) groups excluding carboxylic acids is 1. The van der Waals surface area contributed by atoms with Crippen LogP contribution in [0.3, 0.4) is 0 Å². The zero-order valence-electron chi connectivity index (χ0n) is 15.7. The molecular formula is C19H24N3O5+. The maximum absolute atomic E-state index is 12.3. The fourth-order valence-electron chi connectivity index (χ4n) is 2.53. The number of benzene rings is 2. The quantitative estimate of drug-likeness (QED) is 0.512. The Morgan fingerprint density at radius 1 is 1.26 bits per heavy atom. The number of nitro groups is 1. The SMILES string of the molecule is COc1cc(NC(=O)C[NH+](C)CCOc2ccccc2)c(C)cc1[N+](=O)[O-]. The van der Waals surface area contributed by atoms with E-state index >= 15 is 0 Å². The number of ether oxygens (including phenoxy) is 2. The average molecular weight is 374 g/mol. The molecule has 0 radical (unpaired) electrons. The zero-order valence-corrected chi connectivity index (χ0v) is 15.7. The van der Waals surface area contributed by atoms with Crippen molar-refractivity contribution in [2.24, 2.45) is 0 Å². The maximum atomic E-state index is 12.3. The summed E-state index contributed by atoms with van der Waals surface area (Å²) in [5, 5.41) is 13.8. The highest BCUT2D eigenvalue weighted by molar-refractivity contribution is 5.92. The van der Waals surface area contributed by atoms with Crippen molar-refractivity contribution >= 4 is 17.3 Å². The molecule has 0 aliphatic rings. The van der Waals surface area contributed by atoms with Gasteiger partial charge >= 0.3 is 5.69 Å². The van der Waals surface area contributed by atoms with Gasteiger partial charge in [-0.25, -0.2) is 0 Å². The molecule has 27 heavy (non-hydrogen) atoms. The predicted molar refractivity (Wildman–Crippen MR) is 102 cm³/mol. The highest BCUT2D eigenvalue weighted by Gasteiger charge is 2.19. The lowest BCUT2D eigenvalue weighted by atomic mass is 10.1. The molecule has 1 amide bonds. The molecule has 1 atom stereocenters. The van der Waals surface area contributed by atoms with Gasteiger partial charge in [0.1, 0.15) is 18.9 Å². The standard InChI is InChI=1S/C19H23N3O5/c1-14-11-17(22(24)25)18(26-3)12-16(14)20-19(23)13-21(2)9-10-27-15-7-5-4-6-8-15/h4-8,11-12H,9-10,13H2,1-3H3,(H,20,23)/p+1. The third-order valence-electron chi connectivity index (χ3n) is 4.00. The maximum Gasteiger partial charge on any atom is 0.311 e. The van der Waals surface area contributed by atoms with E-state index in [-0.39, 0.29) is 23.9 Å². The molecule has 0 saturated carbocycles. The lowest BCUT2D eigenvalue weighted by molar-refractivity contribution is -0.871. The summed E-state index contributed by atoms with van der Waals surface area (Å²) in [6, 6.07) is 12.3. The number of likely N-dealkylation sites (N-methyl/N-ethyl adjacent to an activating group) is 1. The summed E-state index contributed by atoms with van der Waals surface area (Å²) in [5.41, 5.74) is 0.963. The Labute approximate surface area is 157 Å². The third kappa shape index (κ3) is 5.96. The molecule has 0 aliphatic carbocycles. The summed E-state index contributed by atoms with van der Waals surface area (Å²) >= 11 is 0. The second kappa shape index (κ2) is 9.54. The molecule has 0 bridgehead atoms. The summed E-state index contributed by atoms with van der Waals surface area (Å²) in [5.74, 6) is 0.715. The number of anilines is 1. The van der Waals surface area contributed by atoms with Crippen LogP contribution in [0.2, 0.25) is 0 Å².